The Morgan fingerprint density at radius 3 is 2.85 bits per heavy atom. The smallest absolute Gasteiger partial charge is 0.240 e. The average molecular weight is 397 g/mol. The van der Waals surface area contributed by atoms with Crippen molar-refractivity contribution >= 4 is 34.7 Å². The first kappa shape index (κ1) is 17.0. The molecule has 3 heterocycles. The highest BCUT2D eigenvalue weighted by atomic mass is 32.2. The average Bonchev–Trinajstić information content (AvgIpc) is 3.11. The molecule has 2 aromatic heterocycles. The minimum Gasteiger partial charge on any atom is -0.311 e. The molecule has 1 aromatic carbocycles. The lowest BCUT2D eigenvalue weighted by atomic mass is 10.2. The number of para-hydroxylation sites is 1. The molecule has 27 heavy (non-hydrogen) atoms. The van der Waals surface area contributed by atoms with E-state index in [1.54, 1.807) is 11.3 Å². The van der Waals surface area contributed by atoms with E-state index in [1.165, 1.54) is 17.3 Å². The number of fused-ring (bicyclic) bond motifs is 1. The number of thioether (sulfide) groups is 1. The van der Waals surface area contributed by atoms with Gasteiger partial charge in [-0.05, 0) is 49.3 Å². The molecule has 0 unspecified atom stereocenters. The van der Waals surface area contributed by atoms with Crippen LogP contribution in [0.1, 0.15) is 31.4 Å². The number of nitrogens with zero attached hydrogens (tertiary/aromatic N) is 4. The lowest BCUT2D eigenvalue weighted by Gasteiger charge is -2.21. The monoisotopic (exact) mass is 396 g/mol. The van der Waals surface area contributed by atoms with Crippen molar-refractivity contribution in [2.75, 3.05) is 11.4 Å². The number of anilines is 1. The molecule has 1 aliphatic heterocycles. The van der Waals surface area contributed by atoms with E-state index in [2.05, 4.69) is 32.3 Å². The largest absolute Gasteiger partial charge is 0.311 e. The predicted molar refractivity (Wildman–Crippen MR) is 109 cm³/mol. The summed E-state index contributed by atoms with van der Waals surface area (Å²) in [6.45, 7) is 2.74. The van der Waals surface area contributed by atoms with Crippen molar-refractivity contribution in [1.29, 1.82) is 0 Å². The molecule has 1 saturated carbocycles. The number of aromatic nitrogens is 3. The zero-order chi connectivity index (χ0) is 18.4. The van der Waals surface area contributed by atoms with Crippen LogP contribution in [0.4, 0.5) is 5.69 Å². The Hall–Kier alpha value is -2.12. The Labute approximate surface area is 166 Å². The number of benzene rings is 1. The van der Waals surface area contributed by atoms with Gasteiger partial charge in [0.05, 0.1) is 10.1 Å². The SMILES string of the molecule is C[C@@H](Sc1nnc(-c2cccs2)n1C1CC1)C(=O)N1CCc2ccccc21. The van der Waals surface area contributed by atoms with Crippen molar-refractivity contribution in [1.82, 2.24) is 14.8 Å². The van der Waals surface area contributed by atoms with Crippen LogP contribution in [0.3, 0.4) is 0 Å². The number of rotatable bonds is 5. The van der Waals surface area contributed by atoms with E-state index in [9.17, 15) is 4.79 Å². The quantitative estimate of drug-likeness (QED) is 0.600. The number of carbonyl (C=O) groups is 1. The minimum absolute atomic E-state index is 0.146. The highest BCUT2D eigenvalue weighted by molar-refractivity contribution is 8.00. The third kappa shape index (κ3) is 3.08. The van der Waals surface area contributed by atoms with Crippen LogP contribution in [0.15, 0.2) is 46.9 Å². The van der Waals surface area contributed by atoms with Gasteiger partial charge in [-0.15, -0.1) is 21.5 Å². The van der Waals surface area contributed by atoms with Gasteiger partial charge in [0.25, 0.3) is 0 Å². The van der Waals surface area contributed by atoms with Crippen LogP contribution in [-0.4, -0.2) is 32.5 Å². The van der Waals surface area contributed by atoms with E-state index >= 15 is 0 Å². The van der Waals surface area contributed by atoms with Crippen LogP contribution in [0.5, 0.6) is 0 Å². The molecule has 0 N–H and O–H groups in total. The van der Waals surface area contributed by atoms with Gasteiger partial charge in [0.1, 0.15) is 0 Å². The van der Waals surface area contributed by atoms with Crippen LogP contribution in [0.2, 0.25) is 0 Å². The van der Waals surface area contributed by atoms with Crippen molar-refractivity contribution in [3.05, 3.63) is 47.3 Å². The van der Waals surface area contributed by atoms with E-state index in [1.807, 2.05) is 36.1 Å². The van der Waals surface area contributed by atoms with Crippen molar-refractivity contribution in [3.63, 3.8) is 0 Å². The standard InChI is InChI=1S/C20H20N4OS2/c1-13(19(25)23-11-10-14-5-2-3-6-16(14)23)27-20-22-21-18(17-7-4-12-26-17)24(20)15-8-9-15/h2-7,12-13,15H,8-11H2,1H3/t13-/m1/s1. The summed E-state index contributed by atoms with van der Waals surface area (Å²) in [7, 11) is 0. The second-order valence-electron chi connectivity index (χ2n) is 7.01. The van der Waals surface area contributed by atoms with E-state index in [0.29, 0.717) is 6.04 Å². The summed E-state index contributed by atoms with van der Waals surface area (Å²) < 4.78 is 2.23. The van der Waals surface area contributed by atoms with Crippen molar-refractivity contribution in [2.24, 2.45) is 0 Å². The molecular weight excluding hydrogens is 376 g/mol. The lowest BCUT2D eigenvalue weighted by Crippen LogP contribution is -2.35. The molecule has 5 nitrogen and oxygen atoms in total. The summed E-state index contributed by atoms with van der Waals surface area (Å²) in [6, 6.07) is 12.8. The van der Waals surface area contributed by atoms with Gasteiger partial charge in [-0.25, -0.2) is 0 Å². The zero-order valence-electron chi connectivity index (χ0n) is 15.0. The van der Waals surface area contributed by atoms with Gasteiger partial charge in [0, 0.05) is 18.3 Å². The maximum Gasteiger partial charge on any atom is 0.240 e. The lowest BCUT2D eigenvalue weighted by molar-refractivity contribution is -0.117. The first-order valence-electron chi connectivity index (χ1n) is 9.27. The van der Waals surface area contributed by atoms with Crippen LogP contribution < -0.4 is 4.90 Å². The number of carbonyl (C=O) groups excluding carboxylic acids is 1. The van der Waals surface area contributed by atoms with Crippen LogP contribution >= 0.6 is 23.1 Å². The second kappa shape index (κ2) is 6.80. The zero-order valence-corrected chi connectivity index (χ0v) is 16.7. The normalized spacial score (nSPS) is 17.1. The van der Waals surface area contributed by atoms with Crippen LogP contribution in [0.25, 0.3) is 10.7 Å². The maximum absolute atomic E-state index is 13.1. The summed E-state index contributed by atoms with van der Waals surface area (Å²) in [4.78, 5) is 16.1. The molecule has 1 atom stereocenters. The van der Waals surface area contributed by atoms with Gasteiger partial charge in [-0.1, -0.05) is 36.0 Å². The molecule has 1 fully saturated rings. The van der Waals surface area contributed by atoms with Crippen LogP contribution in [0, 0.1) is 0 Å². The molecule has 0 saturated heterocycles. The fourth-order valence-electron chi connectivity index (χ4n) is 3.59. The van der Waals surface area contributed by atoms with Crippen molar-refractivity contribution in [3.8, 4) is 10.7 Å². The van der Waals surface area contributed by atoms with Crippen molar-refractivity contribution < 1.29 is 4.79 Å². The van der Waals surface area contributed by atoms with Gasteiger partial charge in [-0.2, -0.15) is 0 Å². The second-order valence-corrected chi connectivity index (χ2v) is 9.27. The molecule has 2 aliphatic rings. The Morgan fingerprint density at radius 1 is 1.22 bits per heavy atom. The minimum atomic E-state index is -0.200. The summed E-state index contributed by atoms with van der Waals surface area (Å²) in [5.74, 6) is 1.08. The Balaban J connectivity index is 1.39. The van der Waals surface area contributed by atoms with E-state index in [-0.39, 0.29) is 11.2 Å². The van der Waals surface area contributed by atoms with Gasteiger partial charge in [0.2, 0.25) is 5.91 Å². The topological polar surface area (TPSA) is 51.0 Å². The third-order valence-electron chi connectivity index (χ3n) is 5.10. The van der Waals surface area contributed by atoms with E-state index < -0.39 is 0 Å². The van der Waals surface area contributed by atoms with Gasteiger partial charge in [-0.3, -0.25) is 9.36 Å². The molecule has 138 valence electrons. The maximum atomic E-state index is 13.1. The number of thiophene rings is 1. The van der Waals surface area contributed by atoms with Gasteiger partial charge in [0.15, 0.2) is 11.0 Å². The first-order chi connectivity index (χ1) is 13.2. The Kier molecular flexibility index (Phi) is 4.28. The third-order valence-corrected chi connectivity index (χ3v) is 7.01. The molecule has 0 radical (unpaired) electrons. The summed E-state index contributed by atoms with van der Waals surface area (Å²) in [5, 5.41) is 11.6. The number of hydrogen-bond acceptors (Lipinski definition) is 5. The molecule has 1 amide bonds. The Bertz CT molecular complexity index is 978. The molecule has 1 aliphatic carbocycles. The Morgan fingerprint density at radius 2 is 2.07 bits per heavy atom. The molecule has 0 spiro atoms. The fraction of sp³-hybridized carbons (Fsp3) is 0.350. The highest BCUT2D eigenvalue weighted by Gasteiger charge is 2.33. The predicted octanol–water partition coefficient (Wildman–Crippen LogP) is 4.41. The molecule has 5 rings (SSSR count). The molecular formula is C20H20N4OS2. The van der Waals surface area contributed by atoms with E-state index in [0.717, 1.165) is 47.4 Å². The highest BCUT2D eigenvalue weighted by Crippen LogP contribution is 2.42. The van der Waals surface area contributed by atoms with E-state index in [4.69, 9.17) is 0 Å². The fourth-order valence-corrected chi connectivity index (χ4v) is 5.28. The molecule has 3 aromatic rings. The van der Waals surface area contributed by atoms with Gasteiger partial charge < -0.3 is 4.90 Å². The molecule has 0 bridgehead atoms. The number of amides is 1. The van der Waals surface area contributed by atoms with Crippen LogP contribution in [-0.2, 0) is 11.2 Å². The van der Waals surface area contributed by atoms with Gasteiger partial charge >= 0.3 is 0 Å². The molecule has 7 heteroatoms. The first-order valence-corrected chi connectivity index (χ1v) is 11.0. The number of hydrogen-bond donors (Lipinski definition) is 0. The summed E-state index contributed by atoms with van der Waals surface area (Å²) in [5.41, 5.74) is 2.31. The summed E-state index contributed by atoms with van der Waals surface area (Å²) >= 11 is 3.21. The summed E-state index contributed by atoms with van der Waals surface area (Å²) in [6.07, 6.45) is 3.25. The van der Waals surface area contributed by atoms with Crippen molar-refractivity contribution in [2.45, 2.75) is 42.6 Å².